The van der Waals surface area contributed by atoms with Crippen molar-refractivity contribution in [2.75, 3.05) is 4.90 Å². The van der Waals surface area contributed by atoms with Gasteiger partial charge >= 0.3 is 0 Å². The standard InChI is InChI=1S/C61H45N/c1-4-18-42(19-5-1)43-32-34-46(35-33-43)62(47-36-38-51(56(40-47)45-22-8-3-9-23-45)50-25-11-10-24-49(50)44-20-6-2-7-21-44)48-37-39-55-54-28-14-17-31-59(54)61(60(55)41-48)57-29-15-12-26-52(57)53-27-13-16-30-58(53)61/h1-4,6-18,20-32,34,36-41H,5,19,33,35H2. The Morgan fingerprint density at radius 3 is 1.40 bits per heavy atom. The van der Waals surface area contributed by atoms with Crippen LogP contribution in [0.4, 0.5) is 11.4 Å². The van der Waals surface area contributed by atoms with E-state index in [-0.39, 0.29) is 0 Å². The third-order valence-electron chi connectivity index (χ3n) is 13.7. The van der Waals surface area contributed by atoms with Gasteiger partial charge in [0.25, 0.3) is 0 Å². The van der Waals surface area contributed by atoms with Gasteiger partial charge < -0.3 is 4.90 Å². The minimum absolute atomic E-state index is 0.421. The molecule has 0 amide bonds. The summed E-state index contributed by atoms with van der Waals surface area (Å²) in [7, 11) is 0. The van der Waals surface area contributed by atoms with Gasteiger partial charge in [0, 0.05) is 17.1 Å². The van der Waals surface area contributed by atoms with E-state index in [0.29, 0.717) is 0 Å². The highest BCUT2D eigenvalue weighted by Gasteiger charge is 2.51. The fourth-order valence-electron chi connectivity index (χ4n) is 11.0. The molecular weight excluding hydrogens is 747 g/mol. The monoisotopic (exact) mass is 791 g/mol. The van der Waals surface area contributed by atoms with Crippen LogP contribution in [0.15, 0.2) is 241 Å². The van der Waals surface area contributed by atoms with Gasteiger partial charge in [-0.25, -0.2) is 0 Å². The Labute approximate surface area is 365 Å². The van der Waals surface area contributed by atoms with Gasteiger partial charge in [0.1, 0.15) is 0 Å². The van der Waals surface area contributed by atoms with Crippen LogP contribution in [-0.2, 0) is 5.41 Å². The van der Waals surface area contributed by atoms with Crippen LogP contribution >= 0.6 is 0 Å². The topological polar surface area (TPSA) is 3.24 Å². The van der Waals surface area contributed by atoms with Crippen LogP contribution in [0.2, 0.25) is 0 Å². The maximum Gasteiger partial charge on any atom is 0.0726 e. The second kappa shape index (κ2) is 14.9. The van der Waals surface area contributed by atoms with Crippen LogP contribution in [0.3, 0.4) is 0 Å². The zero-order chi connectivity index (χ0) is 41.0. The Hall–Kier alpha value is -7.48. The molecule has 0 heterocycles. The molecule has 4 aliphatic rings. The van der Waals surface area contributed by atoms with E-state index < -0.39 is 5.41 Å². The summed E-state index contributed by atoms with van der Waals surface area (Å²) in [6, 6.07) is 72.4. The van der Waals surface area contributed by atoms with Gasteiger partial charge in [-0.05, 0) is 145 Å². The number of nitrogens with zero attached hydrogens (tertiary/aromatic N) is 1. The van der Waals surface area contributed by atoms with E-state index in [4.69, 9.17) is 0 Å². The molecule has 4 aliphatic carbocycles. The Morgan fingerprint density at radius 2 is 0.823 bits per heavy atom. The summed E-state index contributed by atoms with van der Waals surface area (Å²) in [6.45, 7) is 0. The molecule has 0 atom stereocenters. The molecule has 0 saturated heterocycles. The summed E-state index contributed by atoms with van der Waals surface area (Å²) < 4.78 is 0. The van der Waals surface area contributed by atoms with E-state index in [9.17, 15) is 0 Å². The summed E-state index contributed by atoms with van der Waals surface area (Å²) in [5.41, 5.74) is 24.2. The summed E-state index contributed by atoms with van der Waals surface area (Å²) in [4.78, 5) is 2.56. The third-order valence-corrected chi connectivity index (χ3v) is 13.7. The first kappa shape index (κ1) is 36.4. The normalized spacial score (nSPS) is 15.2. The predicted molar refractivity (Wildman–Crippen MR) is 259 cm³/mol. The smallest absolute Gasteiger partial charge is 0.0726 e. The Morgan fingerprint density at radius 1 is 0.339 bits per heavy atom. The van der Waals surface area contributed by atoms with Crippen molar-refractivity contribution in [2.24, 2.45) is 0 Å². The van der Waals surface area contributed by atoms with Crippen LogP contribution in [-0.4, -0.2) is 0 Å². The van der Waals surface area contributed by atoms with E-state index in [1.807, 2.05) is 0 Å². The lowest BCUT2D eigenvalue weighted by Gasteiger charge is -2.34. The van der Waals surface area contributed by atoms with Gasteiger partial charge in [-0.3, -0.25) is 0 Å². The van der Waals surface area contributed by atoms with E-state index in [1.54, 1.807) is 0 Å². The molecule has 0 N–H and O–H groups in total. The highest BCUT2D eigenvalue weighted by molar-refractivity contribution is 5.97. The molecule has 1 nitrogen and oxygen atoms in total. The molecular formula is C61H45N. The number of benzene rings is 8. The summed E-state index contributed by atoms with van der Waals surface area (Å²) in [5, 5.41) is 0. The lowest BCUT2D eigenvalue weighted by Crippen LogP contribution is -2.26. The van der Waals surface area contributed by atoms with Crippen molar-refractivity contribution < 1.29 is 0 Å². The van der Waals surface area contributed by atoms with E-state index in [1.165, 1.54) is 100 Å². The zero-order valence-corrected chi connectivity index (χ0v) is 34.6. The molecule has 0 fully saturated rings. The molecule has 1 heteroatoms. The second-order valence-corrected chi connectivity index (χ2v) is 17.0. The summed E-state index contributed by atoms with van der Waals surface area (Å²) >= 11 is 0. The van der Waals surface area contributed by atoms with E-state index in [0.717, 1.165) is 31.4 Å². The first-order valence-corrected chi connectivity index (χ1v) is 22.1. The lowest BCUT2D eigenvalue weighted by atomic mass is 9.70. The fraction of sp³-hybridized carbons (Fsp3) is 0.0820. The van der Waals surface area contributed by atoms with Gasteiger partial charge in [-0.1, -0.05) is 194 Å². The molecule has 0 aliphatic heterocycles. The largest absolute Gasteiger partial charge is 0.314 e. The van der Waals surface area contributed by atoms with Crippen LogP contribution in [0.25, 0.3) is 55.6 Å². The number of rotatable bonds is 7. The maximum atomic E-state index is 2.56. The Kier molecular flexibility index (Phi) is 8.75. The average molecular weight is 792 g/mol. The Bertz CT molecular complexity index is 3110. The minimum Gasteiger partial charge on any atom is -0.314 e. The summed E-state index contributed by atoms with van der Waals surface area (Å²) in [5.74, 6) is 0. The predicted octanol–water partition coefficient (Wildman–Crippen LogP) is 16.0. The van der Waals surface area contributed by atoms with Gasteiger partial charge in [0.15, 0.2) is 0 Å². The van der Waals surface area contributed by atoms with Crippen molar-refractivity contribution in [3.05, 3.63) is 264 Å². The van der Waals surface area contributed by atoms with Crippen molar-refractivity contribution in [2.45, 2.75) is 31.1 Å². The van der Waals surface area contributed by atoms with Crippen molar-refractivity contribution in [1.82, 2.24) is 0 Å². The molecule has 62 heavy (non-hydrogen) atoms. The molecule has 1 spiro atoms. The zero-order valence-electron chi connectivity index (χ0n) is 34.6. The molecule has 0 radical (unpaired) electrons. The fourth-order valence-corrected chi connectivity index (χ4v) is 11.0. The maximum absolute atomic E-state index is 2.56. The van der Waals surface area contributed by atoms with Gasteiger partial charge in [0.2, 0.25) is 0 Å². The first-order chi connectivity index (χ1) is 30.8. The van der Waals surface area contributed by atoms with Gasteiger partial charge in [0.05, 0.1) is 5.41 Å². The number of hydrogen-bond acceptors (Lipinski definition) is 1. The minimum atomic E-state index is -0.421. The number of hydrogen-bond donors (Lipinski definition) is 0. The first-order valence-electron chi connectivity index (χ1n) is 22.1. The molecule has 0 bridgehead atoms. The van der Waals surface area contributed by atoms with E-state index >= 15 is 0 Å². The van der Waals surface area contributed by atoms with Crippen molar-refractivity contribution >= 4 is 11.4 Å². The average Bonchev–Trinajstić information content (AvgIpc) is 3.82. The summed E-state index contributed by atoms with van der Waals surface area (Å²) in [6.07, 6.45) is 15.8. The lowest BCUT2D eigenvalue weighted by molar-refractivity contribution is 0.792. The SMILES string of the molecule is C1=CCCC(C2=CC=C(N(c3ccc(-c4ccccc4-c4ccccc4)c(-c4ccccc4)c3)c3ccc4c(c3)C3(c5ccccc5-c5ccccc53)c3ccccc3-4)CC2)=C1. The van der Waals surface area contributed by atoms with Crippen LogP contribution in [0, 0.1) is 0 Å². The molecule has 12 rings (SSSR count). The van der Waals surface area contributed by atoms with Crippen LogP contribution in [0.1, 0.15) is 47.9 Å². The molecule has 8 aromatic carbocycles. The number of fused-ring (bicyclic) bond motifs is 10. The number of allylic oxidation sites excluding steroid dienone is 8. The van der Waals surface area contributed by atoms with Crippen molar-refractivity contribution in [3.63, 3.8) is 0 Å². The molecule has 0 aromatic heterocycles. The van der Waals surface area contributed by atoms with Crippen molar-refractivity contribution in [3.8, 4) is 55.6 Å². The van der Waals surface area contributed by atoms with Gasteiger partial charge in [-0.2, -0.15) is 0 Å². The van der Waals surface area contributed by atoms with Crippen LogP contribution in [0.5, 0.6) is 0 Å². The quantitative estimate of drug-likeness (QED) is 0.155. The van der Waals surface area contributed by atoms with Crippen LogP contribution < -0.4 is 4.90 Å². The third kappa shape index (κ3) is 5.69. The highest BCUT2D eigenvalue weighted by Crippen LogP contribution is 2.63. The molecule has 0 saturated carbocycles. The van der Waals surface area contributed by atoms with Crippen molar-refractivity contribution in [1.29, 1.82) is 0 Å². The Balaban J connectivity index is 1.09. The molecule has 8 aromatic rings. The molecule has 294 valence electrons. The molecule has 0 unspecified atom stereocenters. The number of anilines is 2. The highest BCUT2D eigenvalue weighted by atomic mass is 15.1. The van der Waals surface area contributed by atoms with Gasteiger partial charge in [-0.15, -0.1) is 0 Å². The van der Waals surface area contributed by atoms with E-state index in [2.05, 4.69) is 229 Å². The second-order valence-electron chi connectivity index (χ2n) is 17.0.